The van der Waals surface area contributed by atoms with Crippen molar-refractivity contribution in [1.82, 2.24) is 9.97 Å². The SMILES string of the molecule is CCCc1c(Cl)ncnc1NC1(C)CCS(=O)(=O)C1. The van der Waals surface area contributed by atoms with Gasteiger partial charge >= 0.3 is 0 Å². The molecule has 0 aliphatic carbocycles. The van der Waals surface area contributed by atoms with Crippen molar-refractivity contribution in [2.75, 3.05) is 16.8 Å². The molecule has 1 aromatic heterocycles. The molecule has 0 bridgehead atoms. The minimum absolute atomic E-state index is 0.132. The van der Waals surface area contributed by atoms with Gasteiger partial charge in [-0.1, -0.05) is 24.9 Å². The van der Waals surface area contributed by atoms with Crippen LogP contribution in [0.2, 0.25) is 5.15 Å². The molecule has 1 fully saturated rings. The van der Waals surface area contributed by atoms with Crippen molar-refractivity contribution in [3.05, 3.63) is 17.0 Å². The van der Waals surface area contributed by atoms with Crippen LogP contribution < -0.4 is 5.32 Å². The zero-order valence-corrected chi connectivity index (χ0v) is 12.7. The Kier molecular flexibility index (Phi) is 4.01. The van der Waals surface area contributed by atoms with Crippen LogP contribution in [0.25, 0.3) is 0 Å². The number of aromatic nitrogens is 2. The lowest BCUT2D eigenvalue weighted by molar-refractivity contribution is 0.570. The van der Waals surface area contributed by atoms with Gasteiger partial charge in [-0.3, -0.25) is 0 Å². The summed E-state index contributed by atoms with van der Waals surface area (Å²) in [6.07, 6.45) is 3.68. The molecule has 0 aromatic carbocycles. The monoisotopic (exact) mass is 303 g/mol. The molecule has 1 unspecified atom stereocenters. The summed E-state index contributed by atoms with van der Waals surface area (Å²) in [5, 5.41) is 3.69. The van der Waals surface area contributed by atoms with Gasteiger partial charge in [0.15, 0.2) is 9.84 Å². The number of hydrogen-bond donors (Lipinski definition) is 1. The van der Waals surface area contributed by atoms with Crippen LogP contribution in [0.4, 0.5) is 5.82 Å². The maximum atomic E-state index is 11.6. The number of nitrogens with one attached hydrogen (secondary N) is 1. The molecule has 1 saturated heterocycles. The van der Waals surface area contributed by atoms with E-state index in [-0.39, 0.29) is 11.5 Å². The van der Waals surface area contributed by atoms with E-state index in [9.17, 15) is 8.42 Å². The summed E-state index contributed by atoms with van der Waals surface area (Å²) in [7, 11) is -2.95. The first-order chi connectivity index (χ1) is 8.85. The summed E-state index contributed by atoms with van der Waals surface area (Å²) in [5.74, 6) is 1.01. The topological polar surface area (TPSA) is 72.0 Å². The molecule has 5 nitrogen and oxygen atoms in total. The molecule has 106 valence electrons. The molecule has 2 rings (SSSR count). The molecular weight excluding hydrogens is 286 g/mol. The lowest BCUT2D eigenvalue weighted by atomic mass is 10.0. The number of sulfone groups is 1. The van der Waals surface area contributed by atoms with E-state index < -0.39 is 15.4 Å². The van der Waals surface area contributed by atoms with Crippen molar-refractivity contribution in [3.8, 4) is 0 Å². The first kappa shape index (κ1) is 14.5. The summed E-state index contributed by atoms with van der Waals surface area (Å²) in [5.41, 5.74) is 0.385. The first-order valence-corrected chi connectivity index (χ1v) is 8.53. The quantitative estimate of drug-likeness (QED) is 0.862. The Balaban J connectivity index is 2.27. The molecule has 0 spiro atoms. The van der Waals surface area contributed by atoms with Gasteiger partial charge in [0.2, 0.25) is 0 Å². The Morgan fingerprint density at radius 3 is 2.79 bits per heavy atom. The molecule has 1 aromatic rings. The van der Waals surface area contributed by atoms with Crippen LogP contribution in [0.1, 0.15) is 32.3 Å². The Labute approximate surface area is 118 Å². The number of hydrogen-bond acceptors (Lipinski definition) is 5. The average Bonchev–Trinajstić information content (AvgIpc) is 2.58. The van der Waals surface area contributed by atoms with E-state index in [1.165, 1.54) is 6.33 Å². The second-order valence-electron chi connectivity index (χ2n) is 5.27. The average molecular weight is 304 g/mol. The summed E-state index contributed by atoms with van der Waals surface area (Å²) in [4.78, 5) is 8.19. The molecule has 0 amide bonds. The molecule has 1 atom stereocenters. The van der Waals surface area contributed by atoms with Gasteiger partial charge in [0.1, 0.15) is 17.3 Å². The van der Waals surface area contributed by atoms with E-state index in [4.69, 9.17) is 11.6 Å². The second kappa shape index (κ2) is 5.25. The van der Waals surface area contributed by atoms with Gasteiger partial charge in [0, 0.05) is 5.56 Å². The standard InChI is InChI=1S/C12H18ClN3O2S/c1-3-4-9-10(13)14-8-15-11(9)16-12(2)5-6-19(17,18)7-12/h8H,3-7H2,1-2H3,(H,14,15,16). The maximum absolute atomic E-state index is 11.6. The molecule has 1 aliphatic rings. The van der Waals surface area contributed by atoms with E-state index >= 15 is 0 Å². The van der Waals surface area contributed by atoms with Crippen molar-refractivity contribution in [3.63, 3.8) is 0 Å². The van der Waals surface area contributed by atoms with Crippen molar-refractivity contribution >= 4 is 27.3 Å². The zero-order valence-electron chi connectivity index (χ0n) is 11.1. The van der Waals surface area contributed by atoms with Crippen molar-refractivity contribution < 1.29 is 8.42 Å². The molecule has 19 heavy (non-hydrogen) atoms. The molecule has 0 radical (unpaired) electrons. The maximum Gasteiger partial charge on any atom is 0.152 e. The number of halogens is 1. The highest BCUT2D eigenvalue weighted by atomic mass is 35.5. The number of nitrogens with zero attached hydrogens (tertiary/aromatic N) is 2. The third-order valence-corrected chi connectivity index (χ3v) is 5.55. The summed E-state index contributed by atoms with van der Waals surface area (Å²) >= 11 is 6.09. The van der Waals surface area contributed by atoms with Crippen LogP contribution in [0, 0.1) is 0 Å². The van der Waals surface area contributed by atoms with Gasteiger partial charge in [-0.15, -0.1) is 0 Å². The van der Waals surface area contributed by atoms with E-state index in [2.05, 4.69) is 22.2 Å². The smallest absolute Gasteiger partial charge is 0.152 e. The predicted molar refractivity (Wildman–Crippen MR) is 76.3 cm³/mol. The minimum Gasteiger partial charge on any atom is -0.363 e. The predicted octanol–water partition coefficient (Wildman–Crippen LogP) is 2.07. The summed E-state index contributed by atoms with van der Waals surface area (Å²) in [6.45, 7) is 3.96. The van der Waals surface area contributed by atoms with Crippen molar-refractivity contribution in [1.29, 1.82) is 0 Å². The Morgan fingerprint density at radius 2 is 2.21 bits per heavy atom. The van der Waals surface area contributed by atoms with E-state index in [0.717, 1.165) is 18.4 Å². The van der Waals surface area contributed by atoms with Gasteiger partial charge < -0.3 is 5.32 Å². The summed E-state index contributed by atoms with van der Waals surface area (Å²) < 4.78 is 23.2. The van der Waals surface area contributed by atoms with Crippen LogP contribution in [0.3, 0.4) is 0 Å². The lowest BCUT2D eigenvalue weighted by Gasteiger charge is -2.26. The highest BCUT2D eigenvalue weighted by molar-refractivity contribution is 7.91. The molecule has 1 aliphatic heterocycles. The Morgan fingerprint density at radius 1 is 1.47 bits per heavy atom. The fourth-order valence-electron chi connectivity index (χ4n) is 2.37. The molecule has 0 saturated carbocycles. The van der Waals surface area contributed by atoms with E-state index in [1.807, 2.05) is 6.92 Å². The Bertz CT molecular complexity index is 576. The highest BCUT2D eigenvalue weighted by Gasteiger charge is 2.39. The van der Waals surface area contributed by atoms with Gasteiger partial charge in [-0.2, -0.15) is 0 Å². The van der Waals surface area contributed by atoms with Gasteiger partial charge in [0.05, 0.1) is 17.0 Å². The van der Waals surface area contributed by atoms with Gasteiger partial charge in [0.25, 0.3) is 0 Å². The van der Waals surface area contributed by atoms with Crippen molar-refractivity contribution in [2.45, 2.75) is 38.6 Å². The second-order valence-corrected chi connectivity index (χ2v) is 7.81. The van der Waals surface area contributed by atoms with Crippen LogP contribution in [-0.2, 0) is 16.3 Å². The first-order valence-electron chi connectivity index (χ1n) is 6.33. The molecule has 1 N–H and O–H groups in total. The van der Waals surface area contributed by atoms with Gasteiger partial charge in [-0.25, -0.2) is 18.4 Å². The largest absolute Gasteiger partial charge is 0.363 e. The van der Waals surface area contributed by atoms with Gasteiger partial charge in [-0.05, 0) is 19.8 Å². The molecule has 7 heteroatoms. The normalized spacial score (nSPS) is 25.4. The minimum atomic E-state index is -2.95. The number of anilines is 1. The summed E-state index contributed by atoms with van der Waals surface area (Å²) in [6, 6.07) is 0. The van der Waals surface area contributed by atoms with Crippen LogP contribution in [-0.4, -0.2) is 35.4 Å². The zero-order chi connectivity index (χ0) is 14.1. The molecular formula is C12H18ClN3O2S. The van der Waals surface area contributed by atoms with Crippen LogP contribution in [0.5, 0.6) is 0 Å². The third kappa shape index (κ3) is 3.36. The Hall–Kier alpha value is -0.880. The van der Waals surface area contributed by atoms with E-state index in [1.54, 1.807) is 0 Å². The third-order valence-electron chi connectivity index (χ3n) is 3.32. The van der Waals surface area contributed by atoms with Crippen molar-refractivity contribution in [2.24, 2.45) is 0 Å². The van der Waals surface area contributed by atoms with E-state index in [0.29, 0.717) is 17.4 Å². The highest BCUT2D eigenvalue weighted by Crippen LogP contribution is 2.30. The number of rotatable bonds is 4. The molecule has 2 heterocycles. The van der Waals surface area contributed by atoms with Crippen LogP contribution in [0.15, 0.2) is 6.33 Å². The lowest BCUT2D eigenvalue weighted by Crippen LogP contribution is -2.36. The fourth-order valence-corrected chi connectivity index (χ4v) is 4.69. The van der Waals surface area contributed by atoms with Crippen LogP contribution >= 0.6 is 11.6 Å². The fraction of sp³-hybridized carbons (Fsp3) is 0.667.